The van der Waals surface area contributed by atoms with E-state index in [4.69, 9.17) is 14.2 Å². The van der Waals surface area contributed by atoms with E-state index in [9.17, 15) is 9.59 Å². The number of nitrogens with zero attached hydrogens (tertiary/aromatic N) is 1. The summed E-state index contributed by atoms with van der Waals surface area (Å²) >= 11 is 0. The van der Waals surface area contributed by atoms with E-state index in [1.807, 2.05) is 19.9 Å². The molecule has 0 unspecified atom stereocenters. The van der Waals surface area contributed by atoms with Crippen LogP contribution in [0, 0.1) is 0 Å². The van der Waals surface area contributed by atoms with Crippen molar-refractivity contribution in [2.45, 2.75) is 20.0 Å². The maximum atomic E-state index is 13.6. The van der Waals surface area contributed by atoms with Gasteiger partial charge in [-0.3, -0.25) is 9.59 Å². The van der Waals surface area contributed by atoms with Gasteiger partial charge in [-0.25, -0.2) is 4.90 Å². The van der Waals surface area contributed by atoms with Crippen LogP contribution in [-0.2, 0) is 9.59 Å². The molecular formula is C27H26N2O5. The van der Waals surface area contributed by atoms with Gasteiger partial charge in [0, 0.05) is 23.9 Å². The molecule has 0 saturated carbocycles. The van der Waals surface area contributed by atoms with Gasteiger partial charge in [0.15, 0.2) is 0 Å². The highest BCUT2D eigenvalue weighted by molar-refractivity contribution is 6.46. The number of imide groups is 1. The average Bonchev–Trinajstić information content (AvgIpc) is 3.08. The predicted octanol–water partition coefficient (Wildman–Crippen LogP) is 4.89. The number of rotatable bonds is 8. The van der Waals surface area contributed by atoms with Gasteiger partial charge in [0.25, 0.3) is 11.8 Å². The number of anilines is 2. The summed E-state index contributed by atoms with van der Waals surface area (Å²) in [7, 11) is 3.09. The smallest absolute Gasteiger partial charge is 0.282 e. The number of para-hydroxylation sites is 1. The molecule has 1 N–H and O–H groups in total. The first-order chi connectivity index (χ1) is 16.4. The summed E-state index contributed by atoms with van der Waals surface area (Å²) < 4.78 is 16.4. The molecule has 0 radical (unpaired) electrons. The first-order valence-electron chi connectivity index (χ1n) is 10.9. The van der Waals surface area contributed by atoms with Crippen LogP contribution in [0.2, 0.25) is 0 Å². The van der Waals surface area contributed by atoms with Crippen molar-refractivity contribution >= 4 is 28.8 Å². The van der Waals surface area contributed by atoms with E-state index in [0.29, 0.717) is 34.2 Å². The lowest BCUT2D eigenvalue weighted by Crippen LogP contribution is -2.32. The van der Waals surface area contributed by atoms with Crippen molar-refractivity contribution in [3.8, 4) is 17.2 Å². The average molecular weight is 459 g/mol. The van der Waals surface area contributed by atoms with Crippen LogP contribution in [0.4, 0.5) is 11.4 Å². The molecule has 1 heterocycles. The minimum Gasteiger partial charge on any atom is -0.497 e. The lowest BCUT2D eigenvalue weighted by atomic mass is 10.0. The van der Waals surface area contributed by atoms with Crippen molar-refractivity contribution in [2.75, 3.05) is 24.4 Å². The molecular weight excluding hydrogens is 432 g/mol. The van der Waals surface area contributed by atoms with Crippen molar-refractivity contribution in [1.82, 2.24) is 0 Å². The first kappa shape index (κ1) is 22.9. The van der Waals surface area contributed by atoms with E-state index >= 15 is 0 Å². The van der Waals surface area contributed by atoms with Crippen molar-refractivity contribution < 1.29 is 23.8 Å². The van der Waals surface area contributed by atoms with Gasteiger partial charge >= 0.3 is 0 Å². The highest BCUT2D eigenvalue weighted by Gasteiger charge is 2.40. The number of benzene rings is 3. The second kappa shape index (κ2) is 9.70. The zero-order valence-corrected chi connectivity index (χ0v) is 19.5. The lowest BCUT2D eigenvalue weighted by molar-refractivity contribution is -0.120. The number of nitrogens with one attached hydrogen (secondary N) is 1. The summed E-state index contributed by atoms with van der Waals surface area (Å²) in [6.07, 6.45) is 0.0218. The van der Waals surface area contributed by atoms with Crippen LogP contribution in [0.15, 0.2) is 78.5 Å². The molecule has 0 spiro atoms. The zero-order valence-electron chi connectivity index (χ0n) is 19.5. The van der Waals surface area contributed by atoms with Gasteiger partial charge in [0.2, 0.25) is 0 Å². The standard InChI is InChI=1S/C27H26N2O5/c1-17(2)34-21-12-10-18(11-13-21)24-25(28-19-14-22(32-3)16-23(15-19)33-4)27(31)29(26(24)30)20-8-6-5-7-9-20/h5-17,28H,1-4H3. The quantitative estimate of drug-likeness (QED) is 0.485. The normalized spacial score (nSPS) is 13.5. The van der Waals surface area contributed by atoms with Crippen molar-refractivity contribution in [3.63, 3.8) is 0 Å². The summed E-state index contributed by atoms with van der Waals surface area (Å²) in [5.41, 5.74) is 2.09. The molecule has 1 aliphatic heterocycles. The number of carbonyl (C=O) groups excluding carboxylic acids is 2. The summed E-state index contributed by atoms with van der Waals surface area (Å²) in [5.74, 6) is 0.927. The van der Waals surface area contributed by atoms with Crippen molar-refractivity contribution in [1.29, 1.82) is 0 Å². The summed E-state index contributed by atoms with van der Waals surface area (Å²) in [6, 6.07) is 21.2. The largest absolute Gasteiger partial charge is 0.497 e. The molecule has 0 bridgehead atoms. The molecule has 2 amide bonds. The molecule has 0 aliphatic carbocycles. The maximum absolute atomic E-state index is 13.6. The number of amides is 2. The Labute approximate surface area is 198 Å². The fourth-order valence-corrected chi connectivity index (χ4v) is 3.72. The van der Waals surface area contributed by atoms with Gasteiger partial charge in [-0.05, 0) is 43.7 Å². The molecule has 0 fully saturated rings. The lowest BCUT2D eigenvalue weighted by Gasteiger charge is -2.15. The first-order valence-corrected chi connectivity index (χ1v) is 10.9. The van der Waals surface area contributed by atoms with Crippen LogP contribution in [-0.4, -0.2) is 32.1 Å². The Balaban J connectivity index is 1.79. The van der Waals surface area contributed by atoms with Gasteiger partial charge in [-0.15, -0.1) is 0 Å². The van der Waals surface area contributed by atoms with E-state index in [-0.39, 0.29) is 17.4 Å². The van der Waals surface area contributed by atoms with Crippen LogP contribution >= 0.6 is 0 Å². The van der Waals surface area contributed by atoms with Crippen LogP contribution in [0.5, 0.6) is 17.2 Å². The fourth-order valence-electron chi connectivity index (χ4n) is 3.72. The van der Waals surface area contributed by atoms with Gasteiger partial charge in [0.05, 0.1) is 31.6 Å². The Morgan fingerprint density at radius 3 is 1.94 bits per heavy atom. The van der Waals surface area contributed by atoms with E-state index in [0.717, 1.165) is 0 Å². The predicted molar refractivity (Wildman–Crippen MR) is 131 cm³/mol. The maximum Gasteiger partial charge on any atom is 0.282 e. The summed E-state index contributed by atoms with van der Waals surface area (Å²) in [5, 5.41) is 3.14. The van der Waals surface area contributed by atoms with E-state index in [1.54, 1.807) is 80.9 Å². The summed E-state index contributed by atoms with van der Waals surface area (Å²) in [6.45, 7) is 3.88. The number of hydrogen-bond acceptors (Lipinski definition) is 6. The Bertz CT molecular complexity index is 1210. The van der Waals surface area contributed by atoms with Crippen molar-refractivity contribution in [2.24, 2.45) is 0 Å². The molecule has 1 aliphatic rings. The fraction of sp³-hybridized carbons (Fsp3) is 0.185. The van der Waals surface area contributed by atoms with E-state index in [1.165, 1.54) is 4.90 Å². The van der Waals surface area contributed by atoms with Crippen LogP contribution in [0.3, 0.4) is 0 Å². The number of ether oxygens (including phenoxy) is 3. The number of methoxy groups -OCH3 is 2. The van der Waals surface area contributed by atoms with Crippen LogP contribution < -0.4 is 24.4 Å². The molecule has 3 aromatic rings. The molecule has 3 aromatic carbocycles. The Morgan fingerprint density at radius 1 is 0.765 bits per heavy atom. The molecule has 4 rings (SSSR count). The Morgan fingerprint density at radius 2 is 1.38 bits per heavy atom. The highest BCUT2D eigenvalue weighted by atomic mass is 16.5. The molecule has 34 heavy (non-hydrogen) atoms. The molecule has 7 nitrogen and oxygen atoms in total. The van der Waals surface area contributed by atoms with Gasteiger partial charge in [-0.2, -0.15) is 0 Å². The third-order valence-corrected chi connectivity index (χ3v) is 5.23. The van der Waals surface area contributed by atoms with E-state index < -0.39 is 11.8 Å². The van der Waals surface area contributed by atoms with Gasteiger partial charge in [-0.1, -0.05) is 30.3 Å². The Hall–Kier alpha value is -4.26. The SMILES string of the molecule is COc1cc(NC2=C(c3ccc(OC(C)C)cc3)C(=O)N(c3ccccc3)C2=O)cc(OC)c1. The molecule has 174 valence electrons. The zero-order chi connectivity index (χ0) is 24.2. The van der Waals surface area contributed by atoms with Crippen LogP contribution in [0.1, 0.15) is 19.4 Å². The van der Waals surface area contributed by atoms with Crippen LogP contribution in [0.25, 0.3) is 5.57 Å². The monoisotopic (exact) mass is 458 g/mol. The van der Waals surface area contributed by atoms with Gasteiger partial charge in [0.1, 0.15) is 22.9 Å². The Kier molecular flexibility index (Phi) is 6.54. The molecule has 7 heteroatoms. The topological polar surface area (TPSA) is 77.1 Å². The minimum atomic E-state index is -0.449. The summed E-state index contributed by atoms with van der Waals surface area (Å²) in [4.78, 5) is 28.3. The highest BCUT2D eigenvalue weighted by Crippen LogP contribution is 2.35. The molecule has 0 atom stereocenters. The van der Waals surface area contributed by atoms with E-state index in [2.05, 4.69) is 5.32 Å². The second-order valence-electron chi connectivity index (χ2n) is 7.95. The molecule has 0 aromatic heterocycles. The third-order valence-electron chi connectivity index (χ3n) is 5.23. The van der Waals surface area contributed by atoms with Crippen molar-refractivity contribution in [3.05, 3.63) is 84.1 Å². The third kappa shape index (κ3) is 4.59. The number of carbonyl (C=O) groups is 2. The minimum absolute atomic E-state index is 0.0218. The second-order valence-corrected chi connectivity index (χ2v) is 7.95. The van der Waals surface area contributed by atoms with Gasteiger partial charge < -0.3 is 19.5 Å². The molecule has 0 saturated heterocycles. The number of hydrogen-bond donors (Lipinski definition) is 1.